The number of imidazole rings is 1. The molecule has 4 nitrogen and oxygen atoms in total. The Bertz CT molecular complexity index is 1260. The maximum absolute atomic E-state index is 14.1. The van der Waals surface area contributed by atoms with E-state index in [-0.39, 0.29) is 11.9 Å². The number of nitrogens with zero attached hydrogens (tertiary/aromatic N) is 2. The number of hydrogen-bond acceptors (Lipinski definition) is 3. The van der Waals surface area contributed by atoms with Gasteiger partial charge in [-0.2, -0.15) is 0 Å². The van der Waals surface area contributed by atoms with Gasteiger partial charge in [-0.25, -0.2) is 4.98 Å². The number of carbonyl (C=O) groups excluding carboxylic acids is 1. The normalized spacial score (nSPS) is 18.9. The van der Waals surface area contributed by atoms with Gasteiger partial charge in [-0.05, 0) is 61.3 Å². The van der Waals surface area contributed by atoms with Gasteiger partial charge in [-0.3, -0.25) is 4.79 Å². The second-order valence-electron chi connectivity index (χ2n) is 10.1. The Kier molecular flexibility index (Phi) is 6.13. The first-order chi connectivity index (χ1) is 16.8. The Labute approximate surface area is 205 Å². The second kappa shape index (κ2) is 9.53. The van der Waals surface area contributed by atoms with Crippen molar-refractivity contribution in [2.24, 2.45) is 5.92 Å². The van der Waals surface area contributed by atoms with Crippen molar-refractivity contribution in [1.29, 1.82) is 0 Å². The Morgan fingerprint density at radius 3 is 2.41 bits per heavy atom. The van der Waals surface area contributed by atoms with E-state index >= 15 is 0 Å². The number of thiophene rings is 1. The predicted molar refractivity (Wildman–Crippen MR) is 141 cm³/mol. The number of amides is 1. The molecule has 0 saturated heterocycles. The average Bonchev–Trinajstić information content (AvgIpc) is 3.47. The summed E-state index contributed by atoms with van der Waals surface area (Å²) < 4.78 is 3.56. The van der Waals surface area contributed by atoms with Crippen LogP contribution in [0, 0.1) is 5.92 Å². The lowest BCUT2D eigenvalue weighted by molar-refractivity contribution is -0.127. The molecule has 5 heteroatoms. The van der Waals surface area contributed by atoms with Gasteiger partial charge in [-0.1, -0.05) is 68.9 Å². The van der Waals surface area contributed by atoms with Gasteiger partial charge in [0.2, 0.25) is 5.91 Å². The molecule has 2 aromatic heterocycles. The fourth-order valence-electron chi connectivity index (χ4n) is 6.12. The maximum Gasteiger partial charge on any atom is 0.243 e. The molecule has 0 spiro atoms. The van der Waals surface area contributed by atoms with Crippen molar-refractivity contribution in [1.82, 2.24) is 14.9 Å². The zero-order valence-electron chi connectivity index (χ0n) is 19.7. The number of rotatable bonds is 5. The van der Waals surface area contributed by atoms with Crippen LogP contribution < -0.4 is 5.32 Å². The van der Waals surface area contributed by atoms with Crippen LogP contribution in [-0.2, 0) is 4.79 Å². The van der Waals surface area contributed by atoms with E-state index in [1.54, 1.807) is 11.3 Å². The van der Waals surface area contributed by atoms with Crippen molar-refractivity contribution in [2.75, 3.05) is 0 Å². The van der Waals surface area contributed by atoms with Crippen LogP contribution in [0.1, 0.15) is 70.3 Å². The number of carbonyl (C=O) groups is 1. The molecule has 4 aromatic rings. The summed E-state index contributed by atoms with van der Waals surface area (Å²) in [6, 6.07) is 19.2. The molecule has 2 heterocycles. The van der Waals surface area contributed by atoms with Gasteiger partial charge in [0.05, 0.1) is 15.9 Å². The molecule has 2 aliphatic carbocycles. The molecular formula is C29H33N3OS. The molecule has 2 aliphatic rings. The molecule has 6 rings (SSSR count). The SMILES string of the molecule is O=C(NC1CCCCC1)C(C1CCCCC1)n1c(-c2cc3ccccc3s2)nc2ccccc21. The molecule has 2 aromatic carbocycles. The third-order valence-electron chi connectivity index (χ3n) is 7.84. The zero-order chi connectivity index (χ0) is 22.9. The minimum atomic E-state index is -0.213. The fraction of sp³-hybridized carbons (Fsp3) is 0.448. The van der Waals surface area contributed by atoms with E-state index in [0.717, 1.165) is 47.4 Å². The summed E-state index contributed by atoms with van der Waals surface area (Å²) in [5, 5.41) is 4.73. The largest absolute Gasteiger partial charge is 0.352 e. The number of hydrogen-bond donors (Lipinski definition) is 1. The number of fused-ring (bicyclic) bond motifs is 2. The lowest BCUT2D eigenvalue weighted by atomic mass is 9.82. The van der Waals surface area contributed by atoms with Crippen molar-refractivity contribution in [3.8, 4) is 10.7 Å². The molecule has 1 atom stereocenters. The molecular weight excluding hydrogens is 438 g/mol. The molecule has 176 valence electrons. The van der Waals surface area contributed by atoms with Crippen LogP contribution in [0.25, 0.3) is 31.8 Å². The molecule has 0 radical (unpaired) electrons. The topological polar surface area (TPSA) is 46.9 Å². The van der Waals surface area contributed by atoms with Gasteiger partial charge in [0, 0.05) is 10.7 Å². The van der Waals surface area contributed by atoms with Crippen molar-refractivity contribution in [3.63, 3.8) is 0 Å². The third kappa shape index (κ3) is 4.15. The average molecular weight is 472 g/mol. The van der Waals surface area contributed by atoms with Crippen LogP contribution >= 0.6 is 11.3 Å². The first-order valence-corrected chi connectivity index (χ1v) is 13.9. The van der Waals surface area contributed by atoms with Crippen LogP contribution in [0.5, 0.6) is 0 Å². The summed E-state index contributed by atoms with van der Waals surface area (Å²) >= 11 is 1.78. The van der Waals surface area contributed by atoms with Gasteiger partial charge in [-0.15, -0.1) is 11.3 Å². The van der Waals surface area contributed by atoms with E-state index in [9.17, 15) is 4.79 Å². The summed E-state index contributed by atoms with van der Waals surface area (Å²) in [5.41, 5.74) is 2.05. The maximum atomic E-state index is 14.1. The second-order valence-corrected chi connectivity index (χ2v) is 11.2. The lowest BCUT2D eigenvalue weighted by Gasteiger charge is -2.33. The van der Waals surface area contributed by atoms with E-state index in [4.69, 9.17) is 4.98 Å². The monoisotopic (exact) mass is 471 g/mol. The minimum absolute atomic E-state index is 0.198. The molecule has 34 heavy (non-hydrogen) atoms. The van der Waals surface area contributed by atoms with Gasteiger partial charge in [0.25, 0.3) is 0 Å². The summed E-state index contributed by atoms with van der Waals surface area (Å²) in [6.45, 7) is 0. The van der Waals surface area contributed by atoms with Crippen LogP contribution in [0.15, 0.2) is 54.6 Å². The van der Waals surface area contributed by atoms with E-state index in [1.165, 1.54) is 48.6 Å². The standard InChI is InChI=1S/C29H33N3OS/c33-29(30-22-14-5-2-6-15-22)27(20-11-3-1-4-12-20)32-24-17-9-8-16-23(24)31-28(32)26-19-21-13-7-10-18-25(21)34-26/h7-10,13,16-20,22,27H,1-6,11-12,14-15H2,(H,30,33). The lowest BCUT2D eigenvalue weighted by Crippen LogP contribution is -2.43. The summed E-state index contributed by atoms with van der Waals surface area (Å²) in [7, 11) is 0. The minimum Gasteiger partial charge on any atom is -0.352 e. The highest BCUT2D eigenvalue weighted by Crippen LogP contribution is 2.41. The van der Waals surface area contributed by atoms with E-state index in [1.807, 2.05) is 6.07 Å². The van der Waals surface area contributed by atoms with Crippen LogP contribution in [0.3, 0.4) is 0 Å². The first kappa shape index (κ1) is 21.8. The van der Waals surface area contributed by atoms with Gasteiger partial charge in [0.1, 0.15) is 6.04 Å². The fourth-order valence-corrected chi connectivity index (χ4v) is 7.17. The highest BCUT2D eigenvalue weighted by molar-refractivity contribution is 7.22. The van der Waals surface area contributed by atoms with Crippen molar-refractivity contribution < 1.29 is 4.79 Å². The Hall–Kier alpha value is -2.66. The quantitative estimate of drug-likeness (QED) is 0.328. The third-order valence-corrected chi connectivity index (χ3v) is 8.95. The Balaban J connectivity index is 1.48. The van der Waals surface area contributed by atoms with Crippen molar-refractivity contribution in [3.05, 3.63) is 54.6 Å². The predicted octanol–water partition coefficient (Wildman–Crippen LogP) is 7.49. The van der Waals surface area contributed by atoms with Gasteiger partial charge < -0.3 is 9.88 Å². The molecule has 1 unspecified atom stereocenters. The smallest absolute Gasteiger partial charge is 0.243 e. The number of para-hydroxylation sites is 2. The highest BCUT2D eigenvalue weighted by atomic mass is 32.1. The number of aromatic nitrogens is 2. The molecule has 2 fully saturated rings. The Morgan fingerprint density at radius 2 is 1.62 bits per heavy atom. The van der Waals surface area contributed by atoms with Crippen LogP contribution in [0.2, 0.25) is 0 Å². The number of nitrogens with one attached hydrogen (secondary N) is 1. The van der Waals surface area contributed by atoms with E-state index in [2.05, 4.69) is 58.4 Å². The summed E-state index contributed by atoms with van der Waals surface area (Å²) in [5.74, 6) is 1.49. The zero-order valence-corrected chi connectivity index (χ0v) is 20.5. The van der Waals surface area contributed by atoms with Gasteiger partial charge >= 0.3 is 0 Å². The van der Waals surface area contributed by atoms with Crippen LogP contribution in [-0.4, -0.2) is 21.5 Å². The van der Waals surface area contributed by atoms with Crippen LogP contribution in [0.4, 0.5) is 0 Å². The van der Waals surface area contributed by atoms with Crippen molar-refractivity contribution in [2.45, 2.75) is 76.3 Å². The molecule has 2 saturated carbocycles. The van der Waals surface area contributed by atoms with E-state index < -0.39 is 0 Å². The van der Waals surface area contributed by atoms with Gasteiger partial charge in [0.15, 0.2) is 5.82 Å². The molecule has 1 N–H and O–H groups in total. The summed E-state index contributed by atoms with van der Waals surface area (Å²) in [6.07, 6.45) is 11.9. The number of benzene rings is 2. The molecule has 0 aliphatic heterocycles. The highest BCUT2D eigenvalue weighted by Gasteiger charge is 2.35. The van der Waals surface area contributed by atoms with Crippen molar-refractivity contribution >= 4 is 38.4 Å². The summed E-state index contributed by atoms with van der Waals surface area (Å²) in [4.78, 5) is 20.3. The Morgan fingerprint density at radius 1 is 0.912 bits per heavy atom. The molecule has 0 bridgehead atoms. The van der Waals surface area contributed by atoms with E-state index in [0.29, 0.717) is 12.0 Å². The molecule has 1 amide bonds. The first-order valence-electron chi connectivity index (χ1n) is 13.0.